The van der Waals surface area contributed by atoms with Gasteiger partial charge in [-0.15, -0.1) is 0 Å². The second-order valence-corrected chi connectivity index (χ2v) is 8.57. The molecule has 1 heterocycles. The normalized spacial score (nSPS) is 17.2. The van der Waals surface area contributed by atoms with Crippen molar-refractivity contribution in [2.24, 2.45) is 0 Å². The minimum absolute atomic E-state index is 0.486. The zero-order valence-electron chi connectivity index (χ0n) is 15.8. The molecule has 0 radical (unpaired) electrons. The van der Waals surface area contributed by atoms with Gasteiger partial charge in [-0.2, -0.15) is 0 Å². The number of fused-ring (bicyclic) bond motifs is 1. The highest BCUT2D eigenvalue weighted by molar-refractivity contribution is 7.92. The Morgan fingerprint density at radius 3 is 2.21 bits per heavy atom. The molecule has 0 saturated carbocycles. The number of benzene rings is 3. The third-order valence-corrected chi connectivity index (χ3v) is 5.18. The zero-order chi connectivity index (χ0) is 20.4. The number of aliphatic hydroxyl groups is 1. The maximum Gasteiger partial charge on any atom is 0.229 e. The van der Waals surface area contributed by atoms with E-state index in [0.717, 1.165) is 40.0 Å². The third-order valence-electron chi connectivity index (χ3n) is 4.57. The Labute approximate surface area is 170 Å². The quantitative estimate of drug-likeness (QED) is 0.517. The van der Waals surface area contributed by atoms with Crippen molar-refractivity contribution in [3.8, 4) is 0 Å². The Kier molecular flexibility index (Phi) is 5.00. The molecule has 0 fully saturated rings. The van der Waals surface area contributed by atoms with Crippen molar-refractivity contribution in [2.45, 2.75) is 6.23 Å². The lowest BCUT2D eigenvalue weighted by Gasteiger charge is -2.18. The lowest BCUT2D eigenvalue weighted by molar-refractivity contribution is 0.266. The van der Waals surface area contributed by atoms with E-state index in [0.29, 0.717) is 5.69 Å². The van der Waals surface area contributed by atoms with Crippen LogP contribution in [0.4, 0.5) is 17.1 Å². The third kappa shape index (κ3) is 4.26. The molecule has 0 aliphatic carbocycles. The van der Waals surface area contributed by atoms with Crippen LogP contribution in [0.2, 0.25) is 0 Å². The lowest BCUT2D eigenvalue weighted by Crippen LogP contribution is -2.16. The molecule has 1 unspecified atom stereocenters. The van der Waals surface area contributed by atoms with Gasteiger partial charge in [-0.3, -0.25) is 4.72 Å². The van der Waals surface area contributed by atoms with Crippen molar-refractivity contribution in [2.75, 3.05) is 21.6 Å². The number of para-hydroxylation sites is 1. The summed E-state index contributed by atoms with van der Waals surface area (Å²) in [5.41, 5.74) is 5.52. The van der Waals surface area contributed by atoms with E-state index in [1.165, 1.54) is 0 Å². The summed E-state index contributed by atoms with van der Waals surface area (Å²) in [6.07, 6.45) is 0.268. The van der Waals surface area contributed by atoms with Gasteiger partial charge in [0, 0.05) is 28.2 Å². The maximum absolute atomic E-state index is 11.4. The van der Waals surface area contributed by atoms with E-state index in [4.69, 9.17) is 0 Å². The Hall–Kier alpha value is -3.29. The molecule has 6 nitrogen and oxygen atoms in total. The second kappa shape index (κ2) is 7.62. The number of rotatable bonds is 5. The van der Waals surface area contributed by atoms with Gasteiger partial charge in [-0.1, -0.05) is 48.5 Å². The molecule has 0 bridgehead atoms. The number of sulfonamides is 1. The summed E-state index contributed by atoms with van der Waals surface area (Å²) < 4.78 is 25.3. The number of nitrogens with one attached hydrogen (secondary N) is 3. The summed E-state index contributed by atoms with van der Waals surface area (Å²) in [7, 11) is -3.33. The van der Waals surface area contributed by atoms with Crippen molar-refractivity contribution in [3.05, 3.63) is 90.0 Å². The first-order valence-electron chi connectivity index (χ1n) is 9.09. The number of aliphatic hydroxyl groups excluding tert-OH is 1. The lowest BCUT2D eigenvalue weighted by atomic mass is 9.99. The minimum Gasteiger partial charge on any atom is -0.369 e. The van der Waals surface area contributed by atoms with E-state index in [-0.39, 0.29) is 0 Å². The summed E-state index contributed by atoms with van der Waals surface area (Å²) in [6.45, 7) is 0. The largest absolute Gasteiger partial charge is 0.369 e. The van der Waals surface area contributed by atoms with Crippen molar-refractivity contribution in [1.82, 2.24) is 0 Å². The smallest absolute Gasteiger partial charge is 0.229 e. The molecule has 3 aromatic rings. The molecule has 0 saturated heterocycles. The number of hydrogen-bond donors (Lipinski definition) is 4. The van der Waals surface area contributed by atoms with Crippen LogP contribution in [0.5, 0.6) is 0 Å². The van der Waals surface area contributed by atoms with Crippen LogP contribution in [0.1, 0.15) is 11.1 Å². The van der Waals surface area contributed by atoms with Gasteiger partial charge < -0.3 is 15.7 Å². The van der Waals surface area contributed by atoms with Gasteiger partial charge in [0.05, 0.1) is 12.0 Å². The first kappa shape index (κ1) is 19.0. The van der Waals surface area contributed by atoms with E-state index in [9.17, 15) is 13.5 Å². The SMILES string of the molecule is CS(=O)(=O)Nc1ccc(N/C(=C2/c3ccccc3NC2O)c2ccccc2)cc1. The zero-order valence-corrected chi connectivity index (χ0v) is 16.6. The average molecular weight is 407 g/mol. The van der Waals surface area contributed by atoms with Crippen LogP contribution in [0.15, 0.2) is 78.9 Å². The fourth-order valence-electron chi connectivity index (χ4n) is 3.36. The highest BCUT2D eigenvalue weighted by Gasteiger charge is 2.28. The topological polar surface area (TPSA) is 90.5 Å². The van der Waals surface area contributed by atoms with Crippen LogP contribution in [0.3, 0.4) is 0 Å². The number of hydrogen-bond acceptors (Lipinski definition) is 5. The van der Waals surface area contributed by atoms with Crippen molar-refractivity contribution < 1.29 is 13.5 Å². The molecule has 0 aromatic heterocycles. The molecule has 7 heteroatoms. The molecular weight excluding hydrogens is 386 g/mol. The van der Waals surface area contributed by atoms with Crippen LogP contribution >= 0.6 is 0 Å². The molecule has 4 rings (SSSR count). The van der Waals surface area contributed by atoms with Crippen molar-refractivity contribution >= 4 is 38.4 Å². The summed E-state index contributed by atoms with van der Waals surface area (Å²) >= 11 is 0. The van der Waals surface area contributed by atoms with Gasteiger partial charge in [0.15, 0.2) is 6.23 Å². The standard InChI is InChI=1S/C22H21N3O3S/c1-29(27,28)25-17-13-11-16(12-14-17)23-21(15-7-3-2-4-8-15)20-18-9-5-6-10-19(18)24-22(20)26/h2-14,22-26H,1H3/b21-20-. The van der Waals surface area contributed by atoms with E-state index >= 15 is 0 Å². The summed E-state index contributed by atoms with van der Waals surface area (Å²) in [5, 5.41) is 17.2. The van der Waals surface area contributed by atoms with Crippen LogP contribution in [-0.2, 0) is 10.0 Å². The fraction of sp³-hybridized carbons (Fsp3) is 0.0909. The van der Waals surface area contributed by atoms with Gasteiger partial charge in [-0.25, -0.2) is 8.42 Å². The van der Waals surface area contributed by atoms with E-state index < -0.39 is 16.3 Å². The van der Waals surface area contributed by atoms with Crippen molar-refractivity contribution in [1.29, 1.82) is 0 Å². The Morgan fingerprint density at radius 2 is 1.52 bits per heavy atom. The molecule has 29 heavy (non-hydrogen) atoms. The first-order valence-corrected chi connectivity index (χ1v) is 11.0. The average Bonchev–Trinajstić information content (AvgIpc) is 3.02. The number of anilines is 3. The van der Waals surface area contributed by atoms with Gasteiger partial charge in [0.2, 0.25) is 10.0 Å². The minimum atomic E-state index is -3.33. The van der Waals surface area contributed by atoms with Gasteiger partial charge >= 0.3 is 0 Å². The van der Waals surface area contributed by atoms with E-state index in [1.807, 2.05) is 54.6 Å². The maximum atomic E-state index is 11.4. The van der Waals surface area contributed by atoms with Crippen LogP contribution < -0.4 is 15.4 Å². The van der Waals surface area contributed by atoms with Crippen LogP contribution in [0.25, 0.3) is 11.3 Å². The summed E-state index contributed by atoms with van der Waals surface area (Å²) in [5.74, 6) is 0. The molecule has 4 N–H and O–H groups in total. The van der Waals surface area contributed by atoms with Gasteiger partial charge in [0.1, 0.15) is 0 Å². The molecule has 148 valence electrons. The summed E-state index contributed by atoms with van der Waals surface area (Å²) in [4.78, 5) is 0. The fourth-order valence-corrected chi connectivity index (χ4v) is 3.93. The first-order chi connectivity index (χ1) is 13.9. The van der Waals surface area contributed by atoms with Crippen LogP contribution in [0, 0.1) is 0 Å². The Balaban J connectivity index is 1.76. The molecule has 0 amide bonds. The predicted octanol–water partition coefficient (Wildman–Crippen LogP) is 3.78. The molecule has 3 aromatic carbocycles. The van der Waals surface area contributed by atoms with Gasteiger partial charge in [0.25, 0.3) is 0 Å². The summed E-state index contributed by atoms with van der Waals surface area (Å²) in [6, 6.07) is 24.5. The molecule has 1 atom stereocenters. The predicted molar refractivity (Wildman–Crippen MR) is 118 cm³/mol. The molecular formula is C22H21N3O3S. The van der Waals surface area contributed by atoms with E-state index in [1.54, 1.807) is 24.3 Å². The van der Waals surface area contributed by atoms with E-state index in [2.05, 4.69) is 15.4 Å². The molecule has 1 aliphatic heterocycles. The second-order valence-electron chi connectivity index (χ2n) is 6.82. The highest BCUT2D eigenvalue weighted by atomic mass is 32.2. The van der Waals surface area contributed by atoms with Gasteiger partial charge in [-0.05, 0) is 35.9 Å². The Morgan fingerprint density at radius 1 is 0.897 bits per heavy atom. The van der Waals surface area contributed by atoms with Crippen LogP contribution in [-0.4, -0.2) is 26.0 Å². The Bertz CT molecular complexity index is 1160. The monoisotopic (exact) mass is 407 g/mol. The molecule has 0 spiro atoms. The van der Waals surface area contributed by atoms with Crippen molar-refractivity contribution in [3.63, 3.8) is 0 Å². The molecule has 1 aliphatic rings. The highest BCUT2D eigenvalue weighted by Crippen LogP contribution is 2.39.